The predicted octanol–water partition coefficient (Wildman–Crippen LogP) is 4.39. The van der Waals surface area contributed by atoms with Gasteiger partial charge in [-0.3, -0.25) is 4.79 Å². The van der Waals surface area contributed by atoms with Gasteiger partial charge in [0.2, 0.25) is 0 Å². The van der Waals surface area contributed by atoms with Crippen molar-refractivity contribution in [2.24, 2.45) is 0 Å². The number of ether oxygens (including phenoxy) is 1. The van der Waals surface area contributed by atoms with Crippen LogP contribution in [0.3, 0.4) is 0 Å². The second kappa shape index (κ2) is 5.73. The number of anilines is 1. The first-order chi connectivity index (χ1) is 10.6. The molecule has 1 heterocycles. The molecule has 0 unspecified atom stereocenters. The summed E-state index contributed by atoms with van der Waals surface area (Å²) in [6, 6.07) is 12.7. The van der Waals surface area contributed by atoms with Crippen LogP contribution in [0.25, 0.3) is 10.9 Å². The summed E-state index contributed by atoms with van der Waals surface area (Å²) < 4.78 is 5.10. The van der Waals surface area contributed by atoms with E-state index in [1.54, 1.807) is 31.4 Å². The fraction of sp³-hybridized carbons (Fsp3) is 0.118. The van der Waals surface area contributed by atoms with Gasteiger partial charge in [-0.1, -0.05) is 17.7 Å². The van der Waals surface area contributed by atoms with Gasteiger partial charge in [0, 0.05) is 21.6 Å². The third-order valence-electron chi connectivity index (χ3n) is 3.60. The predicted molar refractivity (Wildman–Crippen MR) is 89.0 cm³/mol. The van der Waals surface area contributed by atoms with E-state index in [0.29, 0.717) is 16.4 Å². The number of halogens is 1. The van der Waals surface area contributed by atoms with Crippen LogP contribution >= 0.6 is 11.6 Å². The van der Waals surface area contributed by atoms with Crippen molar-refractivity contribution in [1.82, 2.24) is 4.98 Å². The molecule has 0 spiro atoms. The molecule has 0 aliphatic heterocycles. The van der Waals surface area contributed by atoms with Crippen LogP contribution in [0.15, 0.2) is 42.5 Å². The minimum Gasteiger partial charge on any atom is -0.497 e. The molecule has 22 heavy (non-hydrogen) atoms. The highest BCUT2D eigenvalue weighted by Gasteiger charge is 2.15. The number of benzene rings is 2. The topological polar surface area (TPSA) is 54.1 Å². The van der Waals surface area contributed by atoms with Crippen LogP contribution in [0.5, 0.6) is 5.75 Å². The third-order valence-corrected chi connectivity index (χ3v) is 3.83. The number of carbonyl (C=O) groups excluding carboxylic acids is 1. The summed E-state index contributed by atoms with van der Waals surface area (Å²) in [4.78, 5) is 15.6. The molecule has 0 saturated carbocycles. The Morgan fingerprint density at radius 2 is 1.91 bits per heavy atom. The molecule has 3 rings (SSSR count). The molecule has 0 atom stereocenters. The molecule has 0 bridgehead atoms. The number of H-pyrrole nitrogens is 1. The Hall–Kier alpha value is -2.46. The molecule has 1 amide bonds. The number of fused-ring (bicyclic) bond motifs is 1. The van der Waals surface area contributed by atoms with Crippen molar-refractivity contribution in [2.45, 2.75) is 6.92 Å². The van der Waals surface area contributed by atoms with Crippen molar-refractivity contribution >= 4 is 34.1 Å². The van der Waals surface area contributed by atoms with E-state index in [9.17, 15) is 4.79 Å². The summed E-state index contributed by atoms with van der Waals surface area (Å²) >= 11 is 5.99. The molecule has 112 valence electrons. The molecular formula is C17H15ClN2O2. The fourth-order valence-electron chi connectivity index (χ4n) is 2.40. The van der Waals surface area contributed by atoms with Gasteiger partial charge in [0.15, 0.2) is 0 Å². The lowest BCUT2D eigenvalue weighted by molar-refractivity contribution is 0.102. The van der Waals surface area contributed by atoms with Gasteiger partial charge in [-0.2, -0.15) is 0 Å². The second-order valence-electron chi connectivity index (χ2n) is 5.00. The minimum atomic E-state index is -0.185. The molecule has 2 N–H and O–H groups in total. The van der Waals surface area contributed by atoms with Gasteiger partial charge >= 0.3 is 0 Å². The zero-order valence-electron chi connectivity index (χ0n) is 12.2. The van der Waals surface area contributed by atoms with E-state index in [-0.39, 0.29) is 5.91 Å². The van der Waals surface area contributed by atoms with E-state index in [1.165, 1.54) is 0 Å². The summed E-state index contributed by atoms with van der Waals surface area (Å²) in [5, 5.41) is 4.49. The van der Waals surface area contributed by atoms with Crippen LogP contribution in [-0.2, 0) is 0 Å². The molecule has 0 aliphatic rings. The van der Waals surface area contributed by atoms with E-state index in [1.807, 2.05) is 25.1 Å². The molecule has 0 saturated heterocycles. The van der Waals surface area contributed by atoms with Gasteiger partial charge in [0.05, 0.1) is 7.11 Å². The number of amides is 1. The van der Waals surface area contributed by atoms with Crippen molar-refractivity contribution in [3.63, 3.8) is 0 Å². The van der Waals surface area contributed by atoms with Crippen molar-refractivity contribution in [3.05, 3.63) is 58.7 Å². The number of aryl methyl sites for hydroxylation is 1. The number of nitrogens with one attached hydrogen (secondary N) is 2. The molecule has 1 aromatic heterocycles. The van der Waals surface area contributed by atoms with Crippen LogP contribution in [-0.4, -0.2) is 18.0 Å². The number of carbonyl (C=O) groups is 1. The lowest BCUT2D eigenvalue weighted by Gasteiger charge is -2.06. The maximum absolute atomic E-state index is 12.4. The highest BCUT2D eigenvalue weighted by molar-refractivity contribution is 6.31. The lowest BCUT2D eigenvalue weighted by atomic mass is 10.1. The van der Waals surface area contributed by atoms with Crippen molar-refractivity contribution < 1.29 is 9.53 Å². The van der Waals surface area contributed by atoms with Crippen LogP contribution < -0.4 is 10.1 Å². The molecular weight excluding hydrogens is 300 g/mol. The number of aromatic nitrogens is 1. The summed E-state index contributed by atoms with van der Waals surface area (Å²) in [5.41, 5.74) is 3.00. The van der Waals surface area contributed by atoms with Crippen molar-refractivity contribution in [2.75, 3.05) is 12.4 Å². The van der Waals surface area contributed by atoms with E-state index >= 15 is 0 Å². The number of methoxy groups -OCH3 is 1. The van der Waals surface area contributed by atoms with Crippen LogP contribution in [0, 0.1) is 6.92 Å². The van der Waals surface area contributed by atoms with E-state index in [2.05, 4.69) is 10.3 Å². The second-order valence-corrected chi connectivity index (χ2v) is 5.43. The summed E-state index contributed by atoms with van der Waals surface area (Å²) in [5.74, 6) is 0.560. The Labute approximate surface area is 133 Å². The molecule has 4 nitrogen and oxygen atoms in total. The van der Waals surface area contributed by atoms with Gasteiger partial charge in [0.1, 0.15) is 11.4 Å². The Balaban J connectivity index is 1.89. The largest absolute Gasteiger partial charge is 0.497 e. The van der Waals surface area contributed by atoms with Crippen LogP contribution in [0.4, 0.5) is 5.69 Å². The highest BCUT2D eigenvalue weighted by Crippen LogP contribution is 2.25. The average molecular weight is 315 g/mol. The smallest absolute Gasteiger partial charge is 0.272 e. The van der Waals surface area contributed by atoms with Crippen molar-refractivity contribution in [1.29, 1.82) is 0 Å². The standard InChI is InChI=1S/C17H15ClN2O2/c1-10-14-8-3-11(18)9-15(14)20-16(10)17(21)19-12-4-6-13(22-2)7-5-12/h3-9,20H,1-2H3,(H,19,21). The summed E-state index contributed by atoms with van der Waals surface area (Å²) in [6.45, 7) is 1.91. The molecule has 0 radical (unpaired) electrons. The normalized spacial score (nSPS) is 10.7. The number of aromatic amines is 1. The first kappa shape index (κ1) is 14.5. The SMILES string of the molecule is COc1ccc(NC(=O)c2[nH]c3cc(Cl)ccc3c2C)cc1. The molecule has 5 heteroatoms. The maximum atomic E-state index is 12.4. The molecule has 0 fully saturated rings. The Morgan fingerprint density at radius 1 is 1.18 bits per heavy atom. The fourth-order valence-corrected chi connectivity index (χ4v) is 2.58. The first-order valence-electron chi connectivity index (χ1n) is 6.81. The highest BCUT2D eigenvalue weighted by atomic mass is 35.5. The van der Waals surface area contributed by atoms with Gasteiger partial charge in [-0.25, -0.2) is 0 Å². The van der Waals surface area contributed by atoms with Crippen LogP contribution in [0.1, 0.15) is 16.1 Å². The Kier molecular flexibility index (Phi) is 3.77. The van der Waals surface area contributed by atoms with Gasteiger partial charge < -0.3 is 15.0 Å². The molecule has 2 aromatic carbocycles. The van der Waals surface area contributed by atoms with Gasteiger partial charge in [-0.05, 0) is 48.9 Å². The maximum Gasteiger partial charge on any atom is 0.272 e. The molecule has 0 aliphatic carbocycles. The number of rotatable bonds is 3. The van der Waals surface area contributed by atoms with Gasteiger partial charge in [-0.15, -0.1) is 0 Å². The quantitative estimate of drug-likeness (QED) is 0.753. The first-order valence-corrected chi connectivity index (χ1v) is 7.19. The monoisotopic (exact) mass is 314 g/mol. The molecule has 3 aromatic rings. The summed E-state index contributed by atoms with van der Waals surface area (Å²) in [6.07, 6.45) is 0. The third kappa shape index (κ3) is 2.65. The number of hydrogen-bond donors (Lipinski definition) is 2. The zero-order chi connectivity index (χ0) is 15.7. The lowest BCUT2D eigenvalue weighted by Crippen LogP contribution is -2.13. The average Bonchev–Trinajstić information content (AvgIpc) is 2.84. The van der Waals surface area contributed by atoms with E-state index in [0.717, 1.165) is 22.2 Å². The minimum absolute atomic E-state index is 0.185. The van der Waals surface area contributed by atoms with Gasteiger partial charge in [0.25, 0.3) is 5.91 Å². The summed E-state index contributed by atoms with van der Waals surface area (Å²) in [7, 11) is 1.60. The van der Waals surface area contributed by atoms with E-state index < -0.39 is 0 Å². The van der Waals surface area contributed by atoms with E-state index in [4.69, 9.17) is 16.3 Å². The van der Waals surface area contributed by atoms with Crippen LogP contribution in [0.2, 0.25) is 5.02 Å². The Bertz CT molecular complexity index is 838. The zero-order valence-corrected chi connectivity index (χ0v) is 13.0. The van der Waals surface area contributed by atoms with Crippen molar-refractivity contribution in [3.8, 4) is 5.75 Å². The Morgan fingerprint density at radius 3 is 2.59 bits per heavy atom. The number of hydrogen-bond acceptors (Lipinski definition) is 2.